The molecule has 1 unspecified atom stereocenters. The normalized spacial score (nSPS) is 23.6. The van der Waals surface area contributed by atoms with E-state index in [0.29, 0.717) is 32.5 Å². The van der Waals surface area contributed by atoms with E-state index in [9.17, 15) is 15.0 Å². The van der Waals surface area contributed by atoms with Crippen LogP contribution in [0.4, 0.5) is 5.82 Å². The van der Waals surface area contributed by atoms with Gasteiger partial charge in [-0.05, 0) is 0 Å². The fourth-order valence-electron chi connectivity index (χ4n) is 2.53. The van der Waals surface area contributed by atoms with E-state index in [-0.39, 0.29) is 40.2 Å². The molecule has 3 heterocycles. The number of rotatable bonds is 6. The van der Waals surface area contributed by atoms with E-state index >= 15 is 0 Å². The molecule has 12 nitrogen and oxygen atoms in total. The van der Waals surface area contributed by atoms with Crippen molar-refractivity contribution in [3.8, 4) is 0 Å². The predicted molar refractivity (Wildman–Crippen MR) is 105 cm³/mol. The van der Waals surface area contributed by atoms with Gasteiger partial charge in [-0.3, -0.25) is 4.57 Å². The van der Waals surface area contributed by atoms with Crippen LogP contribution in [0.1, 0.15) is 12.6 Å². The zero-order valence-corrected chi connectivity index (χ0v) is 20.6. The van der Waals surface area contributed by atoms with Crippen molar-refractivity contribution < 1.29 is 47.3 Å². The minimum atomic E-state index is -1.19. The third kappa shape index (κ3) is 6.85. The topological polar surface area (TPSA) is 203 Å². The fourth-order valence-corrected chi connectivity index (χ4v) is 3.56. The molecular weight excluding hydrogens is 570 g/mol. The number of carboxylic acid groups (broad SMARTS) is 1. The number of hydrogen-bond acceptors (Lipinski definition) is 10. The van der Waals surface area contributed by atoms with Crippen LogP contribution in [0.3, 0.4) is 0 Å². The number of anilines is 1. The molecule has 1 aliphatic heterocycles. The fraction of sp³-hybridized carbons (Fsp3) is 0.600. The number of aromatic nitrogens is 4. The Balaban J connectivity index is 0.000000664. The van der Waals surface area contributed by atoms with Crippen LogP contribution in [0.5, 0.6) is 0 Å². The van der Waals surface area contributed by atoms with Gasteiger partial charge in [0.05, 0.1) is 12.9 Å². The van der Waals surface area contributed by atoms with Crippen molar-refractivity contribution in [3.63, 3.8) is 0 Å². The van der Waals surface area contributed by atoms with Gasteiger partial charge >= 0.3 is 60.2 Å². The summed E-state index contributed by atoms with van der Waals surface area (Å²) >= 11 is 0.549. The van der Waals surface area contributed by atoms with Crippen molar-refractivity contribution >= 4 is 55.0 Å². The van der Waals surface area contributed by atoms with Gasteiger partial charge in [-0.1, -0.05) is 0 Å². The Morgan fingerprint density at radius 2 is 2.00 bits per heavy atom. The van der Waals surface area contributed by atoms with Crippen molar-refractivity contribution in [2.45, 2.75) is 48.1 Å². The molecule has 15 heteroatoms. The molecule has 0 saturated carbocycles. The monoisotopic (exact) mass is 596 g/mol. The van der Waals surface area contributed by atoms with Crippen molar-refractivity contribution in [3.05, 3.63) is 12.7 Å². The maximum atomic E-state index is 10.1. The standard InChI is InChI=1S/C10H13N5O4.C5H11NO2Se.Cr.Se/c11-8-5-9(13-2-12-8)15(3-14-5)10-7(18)6(17)4(1-16)19-10;1-9-3-2-4(6)5(7)8;;/h2-4,6-7,10,16-18H,1H2,(H2,11,12,13);4H,2-3,6H2,1H3,(H,7,8);;/t4-,6-,7-,10-;;;/m1.../s1. The van der Waals surface area contributed by atoms with Crippen LogP contribution in [0.2, 0.25) is 11.1 Å². The summed E-state index contributed by atoms with van der Waals surface area (Å²) in [5.74, 6) is 1.40. The number of nitrogens with zero attached hydrogens (tertiary/aromatic N) is 4. The van der Waals surface area contributed by atoms with E-state index in [4.69, 9.17) is 26.4 Å². The van der Waals surface area contributed by atoms with Crippen molar-refractivity contribution in [2.75, 3.05) is 12.3 Å². The van der Waals surface area contributed by atoms with Gasteiger partial charge in [0.2, 0.25) is 0 Å². The summed E-state index contributed by atoms with van der Waals surface area (Å²) in [5, 5.41) is 38.0. The minimum Gasteiger partial charge on any atom is -0.394 e. The SMILES string of the molecule is C[Se]CCC(N)C(=O)O.Nc1ncnc2c1ncn2[C@@H]1O[C@H](CO)[C@@H](O)[C@H]1O.[Cr].[Se]. The van der Waals surface area contributed by atoms with Crippen LogP contribution in [0.25, 0.3) is 11.2 Å². The number of imidazole rings is 1. The Hall–Kier alpha value is -0.809. The molecule has 30 heavy (non-hydrogen) atoms. The number of nitrogen functional groups attached to an aromatic ring is 1. The van der Waals surface area contributed by atoms with Crippen LogP contribution in [-0.2, 0) is 26.9 Å². The van der Waals surface area contributed by atoms with E-state index in [1.54, 1.807) is 0 Å². The van der Waals surface area contributed by atoms with Gasteiger partial charge in [-0.2, -0.15) is 0 Å². The molecule has 3 rings (SSSR count). The second-order valence-electron chi connectivity index (χ2n) is 6.04. The van der Waals surface area contributed by atoms with Crippen molar-refractivity contribution in [1.29, 1.82) is 0 Å². The molecule has 1 fully saturated rings. The zero-order chi connectivity index (χ0) is 20.8. The number of fused-ring (bicyclic) bond motifs is 1. The number of carbonyl (C=O) groups is 1. The van der Waals surface area contributed by atoms with Gasteiger partial charge < -0.3 is 25.8 Å². The Bertz CT molecular complexity index is 802. The molecule has 1 aliphatic rings. The summed E-state index contributed by atoms with van der Waals surface area (Å²) in [7, 11) is 0. The number of nitrogens with two attached hydrogens (primary N) is 2. The molecule has 2 aromatic rings. The first-order valence-electron chi connectivity index (χ1n) is 8.34. The van der Waals surface area contributed by atoms with E-state index in [1.807, 2.05) is 0 Å². The molecule has 0 amide bonds. The van der Waals surface area contributed by atoms with Crippen molar-refractivity contribution in [2.24, 2.45) is 5.73 Å². The minimum absolute atomic E-state index is 0. The Morgan fingerprint density at radius 3 is 2.53 bits per heavy atom. The maximum Gasteiger partial charge on any atom is 0.167 e. The van der Waals surface area contributed by atoms with Gasteiger partial charge in [0, 0.05) is 34.4 Å². The van der Waals surface area contributed by atoms with Gasteiger partial charge in [-0.25, -0.2) is 15.0 Å². The first kappa shape index (κ1) is 29.2. The van der Waals surface area contributed by atoms with Crippen LogP contribution in [0, 0.1) is 0 Å². The second kappa shape index (κ2) is 13.6. The average molecular weight is 594 g/mol. The molecule has 0 spiro atoms. The largest absolute Gasteiger partial charge is 0.394 e. The van der Waals surface area contributed by atoms with E-state index in [2.05, 4.69) is 20.8 Å². The van der Waals surface area contributed by atoms with Gasteiger partial charge in [-0.15, -0.1) is 0 Å². The van der Waals surface area contributed by atoms with Crippen molar-refractivity contribution in [1.82, 2.24) is 19.5 Å². The van der Waals surface area contributed by atoms with Crippen LogP contribution in [0.15, 0.2) is 12.7 Å². The van der Waals surface area contributed by atoms with Crippen LogP contribution in [-0.4, -0.2) is 109 Å². The summed E-state index contributed by atoms with van der Waals surface area (Å²) in [5.41, 5.74) is 11.7. The average Bonchev–Trinajstić information content (AvgIpc) is 3.23. The molecule has 0 aromatic carbocycles. The number of carboxylic acids is 1. The second-order valence-corrected chi connectivity index (χ2v) is 8.11. The van der Waals surface area contributed by atoms with Gasteiger partial charge in [0.15, 0.2) is 17.7 Å². The summed E-state index contributed by atoms with van der Waals surface area (Å²) in [4.78, 5) is 22.0. The third-order valence-corrected chi connectivity index (χ3v) is 5.48. The van der Waals surface area contributed by atoms with E-state index in [1.165, 1.54) is 17.2 Å². The smallest absolute Gasteiger partial charge is 0.167 e. The summed E-state index contributed by atoms with van der Waals surface area (Å²) in [6.45, 7) is -0.390. The van der Waals surface area contributed by atoms with Crippen LogP contribution < -0.4 is 11.5 Å². The molecule has 0 aliphatic carbocycles. The predicted octanol–water partition coefficient (Wildman–Crippen LogP) is -2.40. The number of aliphatic hydroxyl groups excluding tert-OH is 3. The Morgan fingerprint density at radius 1 is 1.33 bits per heavy atom. The third-order valence-electron chi connectivity index (χ3n) is 4.13. The maximum absolute atomic E-state index is 10.1. The quantitative estimate of drug-likeness (QED) is 0.195. The molecular formula is C15H24CrN6O6Se2. The molecule has 1 saturated heterocycles. The first-order valence-corrected chi connectivity index (χ1v) is 11.3. The Kier molecular flexibility index (Phi) is 13.2. The molecule has 0 bridgehead atoms. The number of hydrogen-bond donors (Lipinski definition) is 6. The molecule has 5 atom stereocenters. The number of ether oxygens (including phenoxy) is 1. The number of aliphatic carboxylic acids is 1. The van der Waals surface area contributed by atoms with E-state index < -0.39 is 43.2 Å². The summed E-state index contributed by atoms with van der Waals surface area (Å²) < 4.78 is 6.85. The summed E-state index contributed by atoms with van der Waals surface area (Å²) in [6, 6.07) is -0.646. The molecule has 168 valence electrons. The molecule has 2 aromatic heterocycles. The molecule has 2 radical (unpaired) electrons. The zero-order valence-electron chi connectivity index (χ0n) is 15.9. The summed E-state index contributed by atoms with van der Waals surface area (Å²) in [6.07, 6.45) is -0.806. The Labute approximate surface area is 200 Å². The van der Waals surface area contributed by atoms with Crippen LogP contribution >= 0.6 is 0 Å². The van der Waals surface area contributed by atoms with Gasteiger partial charge in [0.25, 0.3) is 0 Å². The van der Waals surface area contributed by atoms with E-state index in [0.717, 1.165) is 5.32 Å². The van der Waals surface area contributed by atoms with Gasteiger partial charge in [0.1, 0.15) is 30.2 Å². The number of aliphatic hydroxyl groups is 3. The first-order chi connectivity index (χ1) is 13.3. The molecule has 8 N–H and O–H groups in total.